The molecular weight excluding hydrogens is 147 g/mol. The fraction of sp³-hybridized carbons (Fsp3) is 1.00. The standard InChI is InChI=1S/C6H14O3.Al.3H/c1-3-8-6(5-7)9-4-2;;;;/h6-7H,3-5H2,1-2H3;;;;. The molecule has 0 rings (SSSR count). The molecule has 0 radical (unpaired) electrons. The van der Waals surface area contributed by atoms with Gasteiger partial charge in [-0.25, -0.2) is 0 Å². The zero-order valence-electron chi connectivity index (χ0n) is 5.96. The molecule has 0 aromatic heterocycles. The van der Waals surface area contributed by atoms with E-state index in [0.29, 0.717) is 13.2 Å². The number of aliphatic hydroxyl groups excluding tert-OH is 1. The predicted octanol–water partition coefficient (Wildman–Crippen LogP) is -0.806. The van der Waals surface area contributed by atoms with Crippen molar-refractivity contribution < 1.29 is 14.6 Å². The quantitative estimate of drug-likeness (QED) is 0.427. The van der Waals surface area contributed by atoms with Crippen LogP contribution < -0.4 is 0 Å². The zero-order valence-corrected chi connectivity index (χ0v) is 5.96. The highest BCUT2D eigenvalue weighted by Gasteiger charge is 2.02. The highest BCUT2D eigenvalue weighted by atomic mass is 27.0. The summed E-state index contributed by atoms with van der Waals surface area (Å²) in [7, 11) is 0. The van der Waals surface area contributed by atoms with Gasteiger partial charge in [-0.3, -0.25) is 0 Å². The Kier molecular flexibility index (Phi) is 12.3. The number of ether oxygens (including phenoxy) is 2. The first-order valence-corrected chi connectivity index (χ1v) is 3.19. The summed E-state index contributed by atoms with van der Waals surface area (Å²) in [5.74, 6) is 0. The largest absolute Gasteiger partial charge is 0.391 e. The highest BCUT2D eigenvalue weighted by Crippen LogP contribution is 1.91. The van der Waals surface area contributed by atoms with E-state index in [1.54, 1.807) is 0 Å². The molecule has 4 heteroatoms. The van der Waals surface area contributed by atoms with Crippen LogP contribution in [0.1, 0.15) is 13.8 Å². The second kappa shape index (κ2) is 9.41. The molecule has 0 aliphatic carbocycles. The molecule has 0 unspecified atom stereocenters. The van der Waals surface area contributed by atoms with Crippen molar-refractivity contribution in [3.05, 3.63) is 0 Å². The summed E-state index contributed by atoms with van der Waals surface area (Å²) in [6.07, 6.45) is -0.431. The summed E-state index contributed by atoms with van der Waals surface area (Å²) in [6.45, 7) is 4.81. The average Bonchev–Trinajstić information content (AvgIpc) is 1.88. The molecule has 0 aliphatic rings. The molecule has 62 valence electrons. The van der Waals surface area contributed by atoms with E-state index in [0.717, 1.165) is 0 Å². The average molecular weight is 164 g/mol. The maximum absolute atomic E-state index is 8.54. The van der Waals surface area contributed by atoms with Gasteiger partial charge in [0.1, 0.15) is 0 Å². The van der Waals surface area contributed by atoms with Crippen molar-refractivity contribution in [2.75, 3.05) is 19.8 Å². The van der Waals surface area contributed by atoms with E-state index >= 15 is 0 Å². The molecule has 0 aromatic rings. The van der Waals surface area contributed by atoms with E-state index in [9.17, 15) is 0 Å². The molecule has 0 fully saturated rings. The summed E-state index contributed by atoms with van der Waals surface area (Å²) in [4.78, 5) is 0. The van der Waals surface area contributed by atoms with E-state index < -0.39 is 6.29 Å². The van der Waals surface area contributed by atoms with Crippen LogP contribution in [0.15, 0.2) is 0 Å². The second-order valence-corrected chi connectivity index (χ2v) is 1.52. The van der Waals surface area contributed by atoms with Gasteiger partial charge in [-0.15, -0.1) is 0 Å². The summed E-state index contributed by atoms with van der Waals surface area (Å²) in [5.41, 5.74) is 0. The Bertz CT molecular complexity index is 55.0. The second-order valence-electron chi connectivity index (χ2n) is 1.52. The molecule has 10 heavy (non-hydrogen) atoms. The number of hydrogen-bond donors (Lipinski definition) is 1. The van der Waals surface area contributed by atoms with Gasteiger partial charge in [0.25, 0.3) is 0 Å². The lowest BCUT2D eigenvalue weighted by molar-refractivity contribution is -0.156. The lowest BCUT2D eigenvalue weighted by Crippen LogP contribution is -2.21. The van der Waals surface area contributed by atoms with Crippen LogP contribution in [0.5, 0.6) is 0 Å². The third kappa shape index (κ3) is 6.53. The SMILES string of the molecule is CCOC(CO)OCC.[AlH3]. The van der Waals surface area contributed by atoms with E-state index in [1.807, 2.05) is 13.8 Å². The number of rotatable bonds is 5. The Morgan fingerprint density at radius 2 is 1.60 bits per heavy atom. The minimum Gasteiger partial charge on any atom is -0.391 e. The van der Waals surface area contributed by atoms with Crippen molar-refractivity contribution in [2.45, 2.75) is 20.1 Å². The molecule has 0 aromatic carbocycles. The Labute approximate surface area is 72.5 Å². The first-order valence-electron chi connectivity index (χ1n) is 3.19. The molecular formula is C6H17AlO3. The van der Waals surface area contributed by atoms with Crippen molar-refractivity contribution >= 4 is 17.4 Å². The van der Waals surface area contributed by atoms with E-state index in [1.165, 1.54) is 0 Å². The Morgan fingerprint density at radius 3 is 1.80 bits per heavy atom. The molecule has 3 nitrogen and oxygen atoms in total. The van der Waals surface area contributed by atoms with Crippen molar-refractivity contribution in [3.63, 3.8) is 0 Å². The van der Waals surface area contributed by atoms with E-state index in [-0.39, 0.29) is 24.0 Å². The van der Waals surface area contributed by atoms with Crippen LogP contribution in [-0.2, 0) is 9.47 Å². The lowest BCUT2D eigenvalue weighted by atomic mass is 10.6. The van der Waals surface area contributed by atoms with Gasteiger partial charge in [0.2, 0.25) is 0 Å². The molecule has 0 bridgehead atoms. The molecule has 0 heterocycles. The van der Waals surface area contributed by atoms with Gasteiger partial charge in [0.15, 0.2) is 23.7 Å². The van der Waals surface area contributed by atoms with Crippen molar-refractivity contribution in [3.8, 4) is 0 Å². The van der Waals surface area contributed by atoms with Crippen LogP contribution >= 0.6 is 0 Å². The van der Waals surface area contributed by atoms with Gasteiger partial charge < -0.3 is 14.6 Å². The van der Waals surface area contributed by atoms with Crippen molar-refractivity contribution in [1.82, 2.24) is 0 Å². The zero-order chi connectivity index (χ0) is 7.11. The maximum atomic E-state index is 8.54. The van der Waals surface area contributed by atoms with Crippen LogP contribution in [0.25, 0.3) is 0 Å². The van der Waals surface area contributed by atoms with Crippen LogP contribution in [0.4, 0.5) is 0 Å². The van der Waals surface area contributed by atoms with Gasteiger partial charge in [-0.1, -0.05) is 0 Å². The summed E-state index contributed by atoms with van der Waals surface area (Å²) < 4.78 is 9.92. The third-order valence-electron chi connectivity index (χ3n) is 0.854. The summed E-state index contributed by atoms with van der Waals surface area (Å²) in [5, 5.41) is 8.54. The maximum Gasteiger partial charge on any atom is 0.187 e. The lowest BCUT2D eigenvalue weighted by Gasteiger charge is -2.12. The Balaban J connectivity index is 0. The first-order chi connectivity index (χ1) is 4.35. The van der Waals surface area contributed by atoms with Gasteiger partial charge in [0, 0.05) is 13.2 Å². The van der Waals surface area contributed by atoms with Crippen LogP contribution in [0, 0.1) is 0 Å². The number of hydrogen-bond acceptors (Lipinski definition) is 3. The van der Waals surface area contributed by atoms with Crippen molar-refractivity contribution in [1.29, 1.82) is 0 Å². The minimum atomic E-state index is -0.431. The van der Waals surface area contributed by atoms with Crippen LogP contribution in [-0.4, -0.2) is 48.6 Å². The fourth-order valence-electron chi connectivity index (χ4n) is 0.525. The summed E-state index contributed by atoms with van der Waals surface area (Å²) in [6, 6.07) is 0. The highest BCUT2D eigenvalue weighted by molar-refractivity contribution is 5.75. The summed E-state index contributed by atoms with van der Waals surface area (Å²) >= 11 is 0. The van der Waals surface area contributed by atoms with Crippen LogP contribution in [0.3, 0.4) is 0 Å². The van der Waals surface area contributed by atoms with Crippen LogP contribution in [0.2, 0.25) is 0 Å². The molecule has 1 N–H and O–H groups in total. The number of aliphatic hydroxyl groups is 1. The van der Waals surface area contributed by atoms with Gasteiger partial charge >= 0.3 is 0 Å². The van der Waals surface area contributed by atoms with Gasteiger partial charge in [-0.05, 0) is 13.8 Å². The fourth-order valence-corrected chi connectivity index (χ4v) is 0.525. The third-order valence-corrected chi connectivity index (χ3v) is 0.854. The molecule has 0 saturated heterocycles. The minimum absolute atomic E-state index is 0. The molecule has 0 atom stereocenters. The van der Waals surface area contributed by atoms with E-state index in [4.69, 9.17) is 14.6 Å². The van der Waals surface area contributed by atoms with Crippen molar-refractivity contribution in [2.24, 2.45) is 0 Å². The van der Waals surface area contributed by atoms with Gasteiger partial charge in [-0.2, -0.15) is 0 Å². The molecule has 0 aliphatic heterocycles. The normalized spacial score (nSPS) is 9.60. The molecule has 0 spiro atoms. The predicted molar refractivity (Wildman–Crippen MR) is 44.1 cm³/mol. The molecule has 0 amide bonds. The Morgan fingerprint density at radius 1 is 1.20 bits per heavy atom. The Hall–Kier alpha value is 0.412. The molecule has 0 saturated carbocycles. The topological polar surface area (TPSA) is 38.7 Å². The van der Waals surface area contributed by atoms with Gasteiger partial charge in [0.05, 0.1) is 6.61 Å². The smallest absolute Gasteiger partial charge is 0.187 e. The monoisotopic (exact) mass is 164 g/mol. The first kappa shape index (κ1) is 13.0. The van der Waals surface area contributed by atoms with E-state index in [2.05, 4.69) is 0 Å².